The van der Waals surface area contributed by atoms with E-state index in [1.807, 2.05) is 67.6 Å². The molecule has 0 spiro atoms. The van der Waals surface area contributed by atoms with Crippen molar-refractivity contribution in [2.45, 2.75) is 17.6 Å². The zero-order valence-electron chi connectivity index (χ0n) is 15.2. The molecule has 1 N–H and O–H groups in total. The average molecular weight is 477 g/mol. The summed E-state index contributed by atoms with van der Waals surface area (Å²) in [6, 6.07) is 20.7. The Morgan fingerprint density at radius 3 is 2.46 bits per heavy atom. The standard InChI is InChI=1S/C22H19BrClNO2S/c1-2-27-21-12-3-15(22(26)25-19-8-4-17(23)5-9-19)13-16(21)14-28-20-10-6-18(24)7-11-20/h3-13H,2,14H2,1H3,(H,25,26). The Morgan fingerprint density at radius 2 is 1.79 bits per heavy atom. The van der Waals surface area contributed by atoms with Gasteiger partial charge in [-0.2, -0.15) is 0 Å². The fraction of sp³-hybridized carbons (Fsp3) is 0.136. The first kappa shape index (κ1) is 20.8. The van der Waals surface area contributed by atoms with Crippen molar-refractivity contribution >= 4 is 50.9 Å². The van der Waals surface area contributed by atoms with Crippen LogP contribution in [0.2, 0.25) is 5.02 Å². The number of thioether (sulfide) groups is 1. The predicted molar refractivity (Wildman–Crippen MR) is 121 cm³/mol. The van der Waals surface area contributed by atoms with Gasteiger partial charge in [0.1, 0.15) is 5.75 Å². The van der Waals surface area contributed by atoms with Gasteiger partial charge in [-0.25, -0.2) is 0 Å². The van der Waals surface area contributed by atoms with Gasteiger partial charge < -0.3 is 10.1 Å². The number of hydrogen-bond donors (Lipinski definition) is 1. The zero-order chi connectivity index (χ0) is 19.9. The van der Waals surface area contributed by atoms with E-state index in [2.05, 4.69) is 21.2 Å². The fourth-order valence-corrected chi connectivity index (χ4v) is 3.82. The highest BCUT2D eigenvalue weighted by Crippen LogP contribution is 2.30. The molecule has 3 rings (SSSR count). The summed E-state index contributed by atoms with van der Waals surface area (Å²) in [5.41, 5.74) is 2.32. The molecule has 3 aromatic rings. The Morgan fingerprint density at radius 1 is 1.07 bits per heavy atom. The van der Waals surface area contributed by atoms with Crippen LogP contribution < -0.4 is 10.1 Å². The third-order valence-electron chi connectivity index (χ3n) is 3.93. The van der Waals surface area contributed by atoms with Crippen molar-refractivity contribution in [1.29, 1.82) is 0 Å². The normalized spacial score (nSPS) is 10.5. The molecule has 0 aromatic heterocycles. The van der Waals surface area contributed by atoms with Gasteiger partial charge in [-0.15, -0.1) is 11.8 Å². The van der Waals surface area contributed by atoms with Crippen LogP contribution >= 0.6 is 39.3 Å². The van der Waals surface area contributed by atoms with Gasteiger partial charge in [0, 0.05) is 37.0 Å². The van der Waals surface area contributed by atoms with Gasteiger partial charge in [0.05, 0.1) is 6.61 Å². The van der Waals surface area contributed by atoms with Crippen molar-refractivity contribution in [3.05, 3.63) is 87.4 Å². The first-order valence-corrected chi connectivity index (χ1v) is 10.9. The quantitative estimate of drug-likeness (QED) is 0.371. The largest absolute Gasteiger partial charge is 0.494 e. The van der Waals surface area contributed by atoms with Crippen LogP contribution in [0.15, 0.2) is 76.1 Å². The van der Waals surface area contributed by atoms with Crippen LogP contribution in [0.5, 0.6) is 5.75 Å². The third kappa shape index (κ3) is 5.77. The van der Waals surface area contributed by atoms with Gasteiger partial charge in [-0.1, -0.05) is 27.5 Å². The van der Waals surface area contributed by atoms with E-state index in [1.165, 1.54) is 0 Å². The van der Waals surface area contributed by atoms with Crippen LogP contribution in [-0.4, -0.2) is 12.5 Å². The van der Waals surface area contributed by atoms with Crippen molar-refractivity contribution in [1.82, 2.24) is 0 Å². The molecular weight excluding hydrogens is 458 g/mol. The highest BCUT2D eigenvalue weighted by molar-refractivity contribution is 9.10. The molecule has 28 heavy (non-hydrogen) atoms. The lowest BCUT2D eigenvalue weighted by molar-refractivity contribution is 0.102. The van der Waals surface area contributed by atoms with Gasteiger partial charge in [0.2, 0.25) is 0 Å². The average Bonchev–Trinajstić information content (AvgIpc) is 2.70. The summed E-state index contributed by atoms with van der Waals surface area (Å²) in [7, 11) is 0. The molecule has 0 atom stereocenters. The number of carbonyl (C=O) groups excluding carboxylic acids is 1. The Bertz CT molecular complexity index is 946. The van der Waals surface area contributed by atoms with E-state index in [0.717, 1.165) is 26.4 Å². The molecule has 3 nitrogen and oxygen atoms in total. The number of carbonyl (C=O) groups is 1. The fourth-order valence-electron chi connectivity index (χ4n) is 2.56. The Labute approximate surface area is 182 Å². The lowest BCUT2D eigenvalue weighted by Crippen LogP contribution is -2.12. The first-order valence-electron chi connectivity index (χ1n) is 8.76. The molecule has 0 fully saturated rings. The van der Waals surface area contributed by atoms with Crippen LogP contribution in [-0.2, 0) is 5.75 Å². The number of anilines is 1. The van der Waals surface area contributed by atoms with Crippen molar-refractivity contribution in [3.63, 3.8) is 0 Å². The second-order valence-corrected chi connectivity index (χ2v) is 8.36. The predicted octanol–water partition coefficient (Wildman–Crippen LogP) is 7.05. The second kappa shape index (κ2) is 10.0. The minimum absolute atomic E-state index is 0.150. The molecule has 1 amide bonds. The summed E-state index contributed by atoms with van der Waals surface area (Å²) >= 11 is 11.0. The summed E-state index contributed by atoms with van der Waals surface area (Å²) in [6.07, 6.45) is 0. The van der Waals surface area contributed by atoms with Crippen molar-refractivity contribution in [2.24, 2.45) is 0 Å². The van der Waals surface area contributed by atoms with Gasteiger partial charge in [-0.3, -0.25) is 4.79 Å². The van der Waals surface area contributed by atoms with Crippen LogP contribution in [0.3, 0.4) is 0 Å². The van der Waals surface area contributed by atoms with Gasteiger partial charge in [0.15, 0.2) is 0 Å². The minimum atomic E-state index is -0.150. The molecule has 0 aliphatic carbocycles. The molecule has 6 heteroatoms. The Kier molecular flexibility index (Phi) is 7.43. The van der Waals surface area contributed by atoms with E-state index in [9.17, 15) is 4.79 Å². The molecule has 144 valence electrons. The number of halogens is 2. The summed E-state index contributed by atoms with van der Waals surface area (Å²) in [4.78, 5) is 13.8. The molecule has 0 heterocycles. The van der Waals surface area contributed by atoms with Crippen molar-refractivity contribution < 1.29 is 9.53 Å². The zero-order valence-corrected chi connectivity index (χ0v) is 18.4. The summed E-state index contributed by atoms with van der Waals surface area (Å²) in [6.45, 7) is 2.52. The van der Waals surface area contributed by atoms with E-state index in [1.54, 1.807) is 17.8 Å². The SMILES string of the molecule is CCOc1ccc(C(=O)Nc2ccc(Br)cc2)cc1CSc1ccc(Cl)cc1. The van der Waals surface area contributed by atoms with Crippen LogP contribution in [0.4, 0.5) is 5.69 Å². The number of nitrogens with one attached hydrogen (secondary N) is 1. The van der Waals surface area contributed by atoms with E-state index in [4.69, 9.17) is 16.3 Å². The first-order chi connectivity index (χ1) is 13.5. The summed E-state index contributed by atoms with van der Waals surface area (Å²) < 4.78 is 6.71. The molecular formula is C22H19BrClNO2S. The molecule has 0 saturated carbocycles. The lowest BCUT2D eigenvalue weighted by Gasteiger charge is -2.13. The van der Waals surface area contributed by atoms with Crippen LogP contribution in [0, 0.1) is 0 Å². The van der Waals surface area contributed by atoms with Crippen LogP contribution in [0.1, 0.15) is 22.8 Å². The van der Waals surface area contributed by atoms with Gasteiger partial charge in [-0.05, 0) is 73.7 Å². The number of rotatable bonds is 7. The maximum atomic E-state index is 12.6. The second-order valence-electron chi connectivity index (χ2n) is 5.96. The van der Waals surface area contributed by atoms with Crippen molar-refractivity contribution in [3.8, 4) is 5.75 Å². The van der Waals surface area contributed by atoms with E-state index >= 15 is 0 Å². The van der Waals surface area contributed by atoms with E-state index in [-0.39, 0.29) is 5.91 Å². The molecule has 0 radical (unpaired) electrons. The number of benzene rings is 3. The van der Waals surface area contributed by atoms with E-state index in [0.29, 0.717) is 22.9 Å². The molecule has 0 aliphatic heterocycles. The van der Waals surface area contributed by atoms with Crippen LogP contribution in [0.25, 0.3) is 0 Å². The van der Waals surface area contributed by atoms with E-state index < -0.39 is 0 Å². The van der Waals surface area contributed by atoms with Gasteiger partial charge in [0.25, 0.3) is 5.91 Å². The summed E-state index contributed by atoms with van der Waals surface area (Å²) in [5, 5.41) is 3.64. The Balaban J connectivity index is 1.76. The summed E-state index contributed by atoms with van der Waals surface area (Å²) in [5.74, 6) is 1.34. The highest BCUT2D eigenvalue weighted by Gasteiger charge is 2.12. The van der Waals surface area contributed by atoms with Crippen molar-refractivity contribution in [2.75, 3.05) is 11.9 Å². The third-order valence-corrected chi connectivity index (χ3v) is 5.77. The molecule has 0 aliphatic rings. The number of hydrogen-bond acceptors (Lipinski definition) is 3. The number of ether oxygens (including phenoxy) is 1. The molecule has 0 unspecified atom stereocenters. The monoisotopic (exact) mass is 475 g/mol. The maximum absolute atomic E-state index is 12.6. The minimum Gasteiger partial charge on any atom is -0.494 e. The highest BCUT2D eigenvalue weighted by atomic mass is 79.9. The number of amides is 1. The topological polar surface area (TPSA) is 38.3 Å². The molecule has 0 bridgehead atoms. The smallest absolute Gasteiger partial charge is 0.255 e. The molecule has 0 saturated heterocycles. The lowest BCUT2D eigenvalue weighted by atomic mass is 10.1. The molecule has 3 aromatic carbocycles. The Hall–Kier alpha value is -1.95. The maximum Gasteiger partial charge on any atom is 0.255 e. The van der Waals surface area contributed by atoms with Gasteiger partial charge >= 0.3 is 0 Å².